The van der Waals surface area contributed by atoms with E-state index in [-0.39, 0.29) is 43.3 Å². The van der Waals surface area contributed by atoms with Crippen molar-refractivity contribution in [3.63, 3.8) is 0 Å². The molecule has 0 saturated heterocycles. The number of hydrogen-bond donors (Lipinski definition) is 1. The Balaban J connectivity index is 1.06. The van der Waals surface area contributed by atoms with Crippen LogP contribution in [-0.4, -0.2) is 7.28 Å². The number of nitrogens with zero attached hydrogens (tertiary/aromatic N) is 1. The third-order valence-corrected chi connectivity index (χ3v) is 25.0. The lowest BCUT2D eigenvalue weighted by molar-refractivity contribution is 0.332. The largest absolute Gasteiger partial charge is 0.456 e. The summed E-state index contributed by atoms with van der Waals surface area (Å²) in [6, 6.07) is 39.5. The van der Waals surface area contributed by atoms with E-state index in [1.165, 1.54) is 168 Å². The lowest BCUT2D eigenvalue weighted by atomic mass is 9.61. The molecule has 424 valence electrons. The quantitative estimate of drug-likeness (QED) is 0.178. The highest BCUT2D eigenvalue weighted by atomic mass is 32.1. The number of aryl methyl sites for hydroxylation is 1. The molecule has 1 aliphatic heterocycles. The summed E-state index contributed by atoms with van der Waals surface area (Å²) in [7, 11) is 0.830. The summed E-state index contributed by atoms with van der Waals surface area (Å²) in [4.78, 5) is 2.82. The van der Waals surface area contributed by atoms with E-state index in [4.69, 9.17) is 4.42 Å². The maximum atomic E-state index is 7.30. The van der Waals surface area contributed by atoms with Crippen molar-refractivity contribution in [2.24, 2.45) is 0 Å². The Labute approximate surface area is 502 Å². The predicted molar refractivity (Wildman–Crippen MR) is 364 cm³/mol. The van der Waals surface area contributed by atoms with Crippen molar-refractivity contribution in [2.45, 2.75) is 212 Å². The summed E-state index contributed by atoms with van der Waals surface area (Å²) in [6.45, 7) is 41.9. The third kappa shape index (κ3) is 7.91. The van der Waals surface area contributed by atoms with Gasteiger partial charge in [0.2, 0.25) is 7.28 Å². The van der Waals surface area contributed by atoms with Gasteiger partial charge in [-0.3, -0.25) is 0 Å². The minimum atomic E-state index is 0.0317. The molecule has 15 rings (SSSR count). The molecule has 0 spiro atoms. The number of hydrogen-bond acceptors (Lipinski definition) is 5. The van der Waals surface area contributed by atoms with Gasteiger partial charge in [-0.15, -0.1) is 22.7 Å². The van der Waals surface area contributed by atoms with Crippen LogP contribution in [0.2, 0.25) is 0 Å². The highest BCUT2D eigenvalue weighted by Crippen LogP contribution is 2.57. The van der Waals surface area contributed by atoms with E-state index in [1.54, 1.807) is 0 Å². The van der Waals surface area contributed by atoms with Gasteiger partial charge in [0.15, 0.2) is 0 Å². The van der Waals surface area contributed by atoms with Crippen molar-refractivity contribution in [3.05, 3.63) is 147 Å². The number of benzene rings is 7. The Kier molecular flexibility index (Phi) is 11.2. The second kappa shape index (κ2) is 17.2. The second-order valence-electron chi connectivity index (χ2n) is 32.0. The van der Waals surface area contributed by atoms with E-state index < -0.39 is 0 Å². The monoisotopic (exact) mass is 1130 g/mol. The molecule has 1 N–H and O–H groups in total. The molecule has 5 aliphatic rings. The summed E-state index contributed by atoms with van der Waals surface area (Å²) in [5, 5.41) is 10.7. The summed E-state index contributed by atoms with van der Waals surface area (Å²) in [5.74, 6) is 0. The molecule has 3 nitrogen and oxygen atoms in total. The summed E-state index contributed by atoms with van der Waals surface area (Å²) >= 11 is 4.03. The molecular weight excluding hydrogens is 1040 g/mol. The molecule has 6 heteroatoms. The lowest BCUT2D eigenvalue weighted by Crippen LogP contribution is -2.40. The van der Waals surface area contributed by atoms with Crippen LogP contribution in [0.3, 0.4) is 0 Å². The molecule has 0 saturated carbocycles. The van der Waals surface area contributed by atoms with Crippen LogP contribution in [0.1, 0.15) is 212 Å². The zero-order valence-corrected chi connectivity index (χ0v) is 54.4. The van der Waals surface area contributed by atoms with E-state index in [1.807, 2.05) is 22.7 Å². The Morgan fingerprint density at radius 2 is 0.928 bits per heavy atom. The number of rotatable bonds is 4. The molecule has 0 atom stereocenters. The minimum absolute atomic E-state index is 0.0317. The maximum absolute atomic E-state index is 7.30. The van der Waals surface area contributed by atoms with Crippen LogP contribution in [0, 0.1) is 6.92 Å². The van der Waals surface area contributed by atoms with Crippen LogP contribution in [-0.2, 0) is 43.3 Å². The van der Waals surface area contributed by atoms with Crippen molar-refractivity contribution in [1.82, 2.24) is 0 Å². The maximum Gasteiger partial charge on any atom is 0.211 e. The van der Waals surface area contributed by atoms with E-state index in [9.17, 15) is 0 Å². The molecule has 83 heavy (non-hydrogen) atoms. The molecule has 10 aromatic rings. The molecule has 4 aliphatic carbocycles. The Bertz CT molecular complexity index is 4480. The lowest BCUT2D eigenvalue weighted by Gasteiger charge is -2.44. The second-order valence-corrected chi connectivity index (χ2v) is 34.2. The zero-order valence-electron chi connectivity index (χ0n) is 52.8. The average molecular weight is 1130 g/mol. The summed E-state index contributed by atoms with van der Waals surface area (Å²) < 4.78 is 12.8. The van der Waals surface area contributed by atoms with E-state index in [0.717, 1.165) is 42.7 Å². The molecule has 0 bridgehead atoms. The highest BCUT2D eigenvalue weighted by molar-refractivity contribution is 7.30. The number of thiophene rings is 2. The standard InChI is InChI=1S/C77H85BN2OS2/c1-42-32-52-56(75(12,13)29-26-71(52,4)5)39-60(42)80-66-50-36-55-58(77(16,17)31-28-74(55,10)11)41-64(50)83-69(66)78-65-48(34-49-44-20-18-19-21-63(44)82-68(49)67(65)80)45-38-61-47(46-35-54-57(40-62(46)81-61)76(14,15)30-27-73(54,8)9)37-59(45)79-43-22-23-51-53(33-43)72(6,7)25-24-70(51,2)3/h18-23,32-41,78-79H,24-31H2,1-17H3. The minimum Gasteiger partial charge on any atom is -0.456 e. The fourth-order valence-corrected chi connectivity index (χ4v) is 19.1. The van der Waals surface area contributed by atoms with Gasteiger partial charge in [-0.2, -0.15) is 0 Å². The molecule has 3 aromatic heterocycles. The van der Waals surface area contributed by atoms with Gasteiger partial charge >= 0.3 is 0 Å². The van der Waals surface area contributed by atoms with Gasteiger partial charge < -0.3 is 14.6 Å². The first-order valence-electron chi connectivity index (χ1n) is 31.4. The molecule has 7 aromatic carbocycles. The van der Waals surface area contributed by atoms with Gasteiger partial charge in [0, 0.05) is 59.0 Å². The number of furan rings is 1. The van der Waals surface area contributed by atoms with Crippen LogP contribution in [0.15, 0.2) is 101 Å². The summed E-state index contributed by atoms with van der Waals surface area (Å²) in [5.41, 5.74) is 25.9. The van der Waals surface area contributed by atoms with Crippen LogP contribution in [0.25, 0.3) is 63.3 Å². The van der Waals surface area contributed by atoms with Crippen LogP contribution >= 0.6 is 22.7 Å². The summed E-state index contributed by atoms with van der Waals surface area (Å²) in [6.07, 6.45) is 9.41. The first-order valence-corrected chi connectivity index (χ1v) is 33.1. The molecule has 0 amide bonds. The smallest absolute Gasteiger partial charge is 0.211 e. The van der Waals surface area contributed by atoms with E-state index in [0.29, 0.717) is 0 Å². The Morgan fingerprint density at radius 3 is 1.55 bits per heavy atom. The zero-order chi connectivity index (χ0) is 58.2. The van der Waals surface area contributed by atoms with E-state index >= 15 is 0 Å². The molecule has 0 fully saturated rings. The van der Waals surface area contributed by atoms with Gasteiger partial charge in [-0.05, 0) is 234 Å². The van der Waals surface area contributed by atoms with Crippen molar-refractivity contribution in [2.75, 3.05) is 10.2 Å². The third-order valence-electron chi connectivity index (χ3n) is 22.7. The molecule has 4 heterocycles. The van der Waals surface area contributed by atoms with Gasteiger partial charge in [0.1, 0.15) is 11.2 Å². The van der Waals surface area contributed by atoms with Gasteiger partial charge in [-0.1, -0.05) is 141 Å². The SMILES string of the molecule is Cc1cc2c(cc1N1c3c(sc4cc5c(cc34)C(C)(C)CCC5(C)C)Bc3c(-c4cc5oc6cc7c(cc6c5cc4Nc4ccc5c(c4)C(C)(C)CCC5(C)C)C(C)(C)CCC7(C)C)cc4c(sc5ccccc54)c31)C(C)(C)CCC2(C)C. The predicted octanol–water partition coefficient (Wildman–Crippen LogP) is 21.5. The van der Waals surface area contributed by atoms with Crippen molar-refractivity contribution >= 4 is 121 Å². The average Bonchev–Trinajstić information content (AvgIpc) is 2.00. The van der Waals surface area contributed by atoms with Crippen molar-refractivity contribution in [1.29, 1.82) is 0 Å². The molecule has 0 unspecified atom stereocenters. The fraction of sp³-hybridized carbons (Fsp3) is 0.429. The highest BCUT2D eigenvalue weighted by Gasteiger charge is 2.44. The van der Waals surface area contributed by atoms with Crippen LogP contribution in [0.5, 0.6) is 0 Å². The van der Waals surface area contributed by atoms with Crippen molar-refractivity contribution < 1.29 is 4.42 Å². The van der Waals surface area contributed by atoms with Gasteiger partial charge in [-0.25, -0.2) is 0 Å². The molecular formula is C77H85BN2OS2. The van der Waals surface area contributed by atoms with Crippen LogP contribution in [0.4, 0.5) is 28.4 Å². The van der Waals surface area contributed by atoms with Crippen molar-refractivity contribution in [3.8, 4) is 11.1 Å². The fourth-order valence-electron chi connectivity index (χ4n) is 16.6. The number of fused-ring (bicyclic) bond motifs is 15. The Hall–Kier alpha value is -5.82. The van der Waals surface area contributed by atoms with Gasteiger partial charge in [0.05, 0.1) is 16.1 Å². The first kappa shape index (κ1) is 53.9. The van der Waals surface area contributed by atoms with Crippen LogP contribution < -0.4 is 20.5 Å². The van der Waals surface area contributed by atoms with E-state index in [2.05, 4.69) is 225 Å². The number of nitrogens with one attached hydrogen (secondary N) is 1. The normalized spacial score (nSPS) is 20.8. The topological polar surface area (TPSA) is 28.4 Å². The Morgan fingerprint density at radius 1 is 0.422 bits per heavy atom. The number of anilines is 5. The van der Waals surface area contributed by atoms with Gasteiger partial charge in [0.25, 0.3) is 0 Å². The molecule has 0 radical (unpaired) electrons. The first-order chi connectivity index (χ1) is 38.9.